The van der Waals surface area contributed by atoms with Crippen LogP contribution in [0.15, 0.2) is 53.5 Å². The van der Waals surface area contributed by atoms with Crippen molar-refractivity contribution in [1.29, 1.82) is 0 Å². The normalized spacial score (nSPS) is 11.3. The fourth-order valence-electron chi connectivity index (χ4n) is 1.99. The first-order valence-corrected chi connectivity index (χ1v) is 7.08. The molecule has 0 aliphatic rings. The Kier molecular flexibility index (Phi) is 5.64. The number of benzene rings is 2. The van der Waals surface area contributed by atoms with Crippen molar-refractivity contribution in [2.45, 2.75) is 6.42 Å². The highest BCUT2D eigenvalue weighted by Crippen LogP contribution is 2.27. The average molecular weight is 304 g/mol. The van der Waals surface area contributed by atoms with Crippen LogP contribution in [0.2, 0.25) is 0 Å². The third kappa shape index (κ3) is 4.23. The lowest BCUT2D eigenvalue weighted by atomic mass is 10.1. The predicted octanol–water partition coefficient (Wildman–Crippen LogP) is 3.93. The monoisotopic (exact) mass is 303 g/mol. The lowest BCUT2D eigenvalue weighted by Crippen LogP contribution is -1.97. The number of halogens is 1. The smallest absolute Gasteiger partial charge is 0.160 e. The Hall–Kier alpha value is -2.00. The number of ether oxygens (including phenoxy) is 2. The molecule has 0 N–H and O–H groups in total. The van der Waals surface area contributed by atoms with Crippen LogP contribution in [-0.4, -0.2) is 25.9 Å². The maximum Gasteiger partial charge on any atom is 0.160 e. The summed E-state index contributed by atoms with van der Waals surface area (Å²) in [5, 5.41) is 0.538. The van der Waals surface area contributed by atoms with Gasteiger partial charge in [0.05, 0.1) is 14.2 Å². The molecule has 0 bridgehead atoms. The number of rotatable bonds is 6. The lowest BCUT2D eigenvalue weighted by molar-refractivity contribution is 0.354. The molecule has 21 heavy (non-hydrogen) atoms. The van der Waals surface area contributed by atoms with Gasteiger partial charge < -0.3 is 9.47 Å². The van der Waals surface area contributed by atoms with Crippen molar-refractivity contribution < 1.29 is 9.47 Å². The molecule has 3 nitrogen and oxygen atoms in total. The molecule has 2 aromatic rings. The molecule has 0 atom stereocenters. The van der Waals surface area contributed by atoms with Crippen molar-refractivity contribution in [3.05, 3.63) is 59.7 Å². The van der Waals surface area contributed by atoms with E-state index in [4.69, 9.17) is 21.1 Å². The molecule has 0 aromatic heterocycles. The first kappa shape index (κ1) is 15.4. The molecule has 0 saturated heterocycles. The van der Waals surface area contributed by atoms with E-state index in [1.807, 2.05) is 48.5 Å². The zero-order chi connectivity index (χ0) is 15.1. The van der Waals surface area contributed by atoms with E-state index in [0.29, 0.717) is 11.7 Å². The van der Waals surface area contributed by atoms with E-state index in [-0.39, 0.29) is 0 Å². The standard InChI is InChI=1S/C17H18ClNO2/c1-20-15-9-8-13(12-16(15)21-2)10-11-19-17(18)14-6-4-3-5-7-14/h3-9,12H,10-11H2,1-2H3. The summed E-state index contributed by atoms with van der Waals surface area (Å²) in [4.78, 5) is 4.40. The molecule has 0 aliphatic heterocycles. The summed E-state index contributed by atoms with van der Waals surface area (Å²) in [5.74, 6) is 1.46. The highest BCUT2D eigenvalue weighted by molar-refractivity contribution is 6.69. The van der Waals surface area contributed by atoms with Crippen LogP contribution >= 0.6 is 11.6 Å². The second kappa shape index (κ2) is 7.70. The molecule has 2 rings (SSSR count). The summed E-state index contributed by atoms with van der Waals surface area (Å²) in [6.45, 7) is 0.628. The van der Waals surface area contributed by atoms with E-state index in [1.54, 1.807) is 14.2 Å². The van der Waals surface area contributed by atoms with E-state index in [2.05, 4.69) is 4.99 Å². The molecule has 0 saturated carbocycles. The molecule has 4 heteroatoms. The van der Waals surface area contributed by atoms with Crippen LogP contribution in [0.3, 0.4) is 0 Å². The molecule has 0 fully saturated rings. The summed E-state index contributed by atoms with van der Waals surface area (Å²) < 4.78 is 10.5. The van der Waals surface area contributed by atoms with Crippen molar-refractivity contribution in [1.82, 2.24) is 0 Å². The molecule has 0 heterocycles. The second-order valence-corrected chi connectivity index (χ2v) is 4.84. The number of hydrogen-bond acceptors (Lipinski definition) is 3. The van der Waals surface area contributed by atoms with E-state index in [9.17, 15) is 0 Å². The van der Waals surface area contributed by atoms with Crippen molar-refractivity contribution in [2.75, 3.05) is 20.8 Å². The maximum atomic E-state index is 6.18. The predicted molar refractivity (Wildman–Crippen MR) is 86.9 cm³/mol. The lowest BCUT2D eigenvalue weighted by Gasteiger charge is -2.09. The Bertz CT molecular complexity index is 611. The minimum atomic E-state index is 0.538. The molecule has 2 aromatic carbocycles. The van der Waals surface area contributed by atoms with Gasteiger partial charge in [0.15, 0.2) is 11.5 Å². The van der Waals surface area contributed by atoms with Crippen molar-refractivity contribution in [3.8, 4) is 11.5 Å². The Morgan fingerprint density at radius 1 is 1.00 bits per heavy atom. The number of aliphatic imine (C=N–C) groups is 1. The number of nitrogens with zero attached hydrogens (tertiary/aromatic N) is 1. The topological polar surface area (TPSA) is 30.8 Å². The highest BCUT2D eigenvalue weighted by Gasteiger charge is 2.04. The van der Waals surface area contributed by atoms with Crippen LogP contribution in [0, 0.1) is 0 Å². The summed E-state index contributed by atoms with van der Waals surface area (Å²) in [6.07, 6.45) is 0.795. The molecular weight excluding hydrogens is 286 g/mol. The van der Waals surface area contributed by atoms with Gasteiger partial charge in [0.25, 0.3) is 0 Å². The van der Waals surface area contributed by atoms with E-state index >= 15 is 0 Å². The van der Waals surface area contributed by atoms with Gasteiger partial charge in [-0.2, -0.15) is 0 Å². The SMILES string of the molecule is COc1ccc(CCN=C(Cl)c2ccccc2)cc1OC. The fraction of sp³-hybridized carbons (Fsp3) is 0.235. The second-order valence-electron chi connectivity index (χ2n) is 4.48. The summed E-state index contributed by atoms with van der Waals surface area (Å²) in [6, 6.07) is 15.6. The van der Waals surface area contributed by atoms with Crippen LogP contribution in [0.4, 0.5) is 0 Å². The highest BCUT2D eigenvalue weighted by atomic mass is 35.5. The minimum Gasteiger partial charge on any atom is -0.493 e. The third-order valence-electron chi connectivity index (χ3n) is 3.11. The molecule has 0 spiro atoms. The van der Waals surface area contributed by atoms with E-state index in [0.717, 1.165) is 29.0 Å². The van der Waals surface area contributed by atoms with Crippen molar-refractivity contribution >= 4 is 16.8 Å². The molecule has 110 valence electrons. The van der Waals surface area contributed by atoms with Crippen LogP contribution < -0.4 is 9.47 Å². The first-order valence-electron chi connectivity index (χ1n) is 6.71. The molecule has 0 aliphatic carbocycles. The van der Waals surface area contributed by atoms with Crippen molar-refractivity contribution in [2.24, 2.45) is 4.99 Å². The molecule has 0 unspecified atom stereocenters. The first-order chi connectivity index (χ1) is 10.2. The van der Waals surface area contributed by atoms with Crippen LogP contribution in [-0.2, 0) is 6.42 Å². The van der Waals surface area contributed by atoms with Gasteiger partial charge in [0.1, 0.15) is 5.17 Å². The van der Waals surface area contributed by atoms with Gasteiger partial charge in [-0.3, -0.25) is 4.99 Å². The quantitative estimate of drug-likeness (QED) is 0.757. The Morgan fingerprint density at radius 2 is 1.71 bits per heavy atom. The van der Waals surface area contributed by atoms with Gasteiger partial charge in [-0.05, 0) is 24.1 Å². The van der Waals surface area contributed by atoms with Gasteiger partial charge in [-0.15, -0.1) is 0 Å². The van der Waals surface area contributed by atoms with Crippen LogP contribution in [0.5, 0.6) is 11.5 Å². The van der Waals surface area contributed by atoms with Crippen molar-refractivity contribution in [3.63, 3.8) is 0 Å². The van der Waals surface area contributed by atoms with Gasteiger partial charge in [0, 0.05) is 12.1 Å². The average Bonchev–Trinajstić information content (AvgIpc) is 2.55. The maximum absolute atomic E-state index is 6.18. The number of hydrogen-bond donors (Lipinski definition) is 0. The minimum absolute atomic E-state index is 0.538. The van der Waals surface area contributed by atoms with E-state index < -0.39 is 0 Å². The Morgan fingerprint density at radius 3 is 2.38 bits per heavy atom. The van der Waals surface area contributed by atoms with Gasteiger partial charge in [0.2, 0.25) is 0 Å². The third-order valence-corrected chi connectivity index (χ3v) is 3.45. The van der Waals surface area contributed by atoms with Crippen LogP contribution in [0.25, 0.3) is 0 Å². The number of methoxy groups -OCH3 is 2. The summed E-state index contributed by atoms with van der Waals surface area (Å²) in [7, 11) is 3.26. The van der Waals surface area contributed by atoms with Crippen LogP contribution in [0.1, 0.15) is 11.1 Å². The molecule has 0 amide bonds. The van der Waals surface area contributed by atoms with Gasteiger partial charge in [-0.25, -0.2) is 0 Å². The van der Waals surface area contributed by atoms with Gasteiger partial charge in [-0.1, -0.05) is 48.0 Å². The summed E-state index contributed by atoms with van der Waals surface area (Å²) >= 11 is 6.18. The molecule has 0 radical (unpaired) electrons. The molecular formula is C17H18ClNO2. The Labute approximate surface area is 130 Å². The van der Waals surface area contributed by atoms with E-state index in [1.165, 1.54) is 0 Å². The van der Waals surface area contributed by atoms with Gasteiger partial charge >= 0.3 is 0 Å². The largest absolute Gasteiger partial charge is 0.493 e. The zero-order valence-electron chi connectivity index (χ0n) is 12.2. The Balaban J connectivity index is 2.00. The fourth-order valence-corrected chi connectivity index (χ4v) is 2.20. The zero-order valence-corrected chi connectivity index (χ0v) is 12.9. The summed E-state index contributed by atoms with van der Waals surface area (Å²) in [5.41, 5.74) is 2.07.